The highest BCUT2D eigenvalue weighted by Crippen LogP contribution is 2.69. The molecular weight excluding hydrogens is 572 g/mol. The van der Waals surface area contributed by atoms with Gasteiger partial charge in [0.1, 0.15) is 0 Å². The second kappa shape index (κ2) is 12.3. The molecule has 44 heavy (non-hydrogen) atoms. The van der Waals surface area contributed by atoms with Crippen molar-refractivity contribution in [1.82, 2.24) is 0 Å². The Labute approximate surface area is 266 Å². The monoisotopic (exact) mass is 630 g/mol. The third kappa shape index (κ3) is 6.03. The number of aliphatic hydroxyl groups is 2. The molecule has 0 aliphatic heterocycles. The molecule has 0 unspecified atom stereocenters. The zero-order valence-corrected chi connectivity index (χ0v) is 29.0. The Hall–Kier alpha value is -1.44. The van der Waals surface area contributed by atoms with Crippen LogP contribution in [0.15, 0.2) is 29.2 Å². The van der Waals surface area contributed by atoms with Gasteiger partial charge in [-0.25, -0.2) is 8.42 Å². The van der Waals surface area contributed by atoms with Crippen LogP contribution in [-0.4, -0.2) is 49.2 Å². The molecule has 7 heteroatoms. The number of carbonyl (C=O) groups is 1. The minimum atomic E-state index is -3.77. The standard InChI is InChI=1S/C37H58O6S/c1-8-27-31-21-25(38)15-18-37(31,7)30-16-19-36(6)28(13-14-29(36)33(30)34(27)40)23(2)17-20-43-32(39)22-44(41,42)26-11-9-24(10-12-26)35(3,4)5/h9-12,23,25,27-31,33-34,38,40H,8,13-22H2,1-7H3/t23-,25-,27-,28-,29+,30+,31+,33+,34-,36-,37-/m1/s1. The topological polar surface area (TPSA) is 101 Å². The maximum Gasteiger partial charge on any atom is 0.321 e. The van der Waals surface area contributed by atoms with Crippen molar-refractivity contribution in [1.29, 1.82) is 0 Å². The smallest absolute Gasteiger partial charge is 0.321 e. The molecule has 4 fully saturated rings. The van der Waals surface area contributed by atoms with Crippen molar-refractivity contribution in [2.45, 2.75) is 129 Å². The van der Waals surface area contributed by atoms with Gasteiger partial charge in [-0.2, -0.15) is 0 Å². The van der Waals surface area contributed by atoms with Gasteiger partial charge < -0.3 is 14.9 Å². The number of benzene rings is 1. The molecular formula is C37H58O6S. The van der Waals surface area contributed by atoms with E-state index >= 15 is 0 Å². The predicted octanol–water partition coefficient (Wildman–Crippen LogP) is 6.95. The van der Waals surface area contributed by atoms with Crippen LogP contribution in [0.3, 0.4) is 0 Å². The van der Waals surface area contributed by atoms with E-state index in [1.54, 1.807) is 12.1 Å². The van der Waals surface area contributed by atoms with Gasteiger partial charge in [-0.1, -0.05) is 67.0 Å². The molecule has 1 aromatic carbocycles. The molecule has 5 rings (SSSR count). The van der Waals surface area contributed by atoms with Crippen LogP contribution in [-0.2, 0) is 24.8 Å². The van der Waals surface area contributed by atoms with Crippen LogP contribution in [0.25, 0.3) is 0 Å². The van der Waals surface area contributed by atoms with E-state index in [4.69, 9.17) is 4.74 Å². The Balaban J connectivity index is 1.19. The lowest BCUT2D eigenvalue weighted by molar-refractivity contribution is -0.203. The lowest BCUT2D eigenvalue weighted by atomic mass is 9.41. The average Bonchev–Trinajstić information content (AvgIpc) is 3.30. The Morgan fingerprint density at radius 1 is 0.977 bits per heavy atom. The molecule has 0 amide bonds. The summed E-state index contributed by atoms with van der Waals surface area (Å²) in [4.78, 5) is 12.8. The molecule has 0 aromatic heterocycles. The van der Waals surface area contributed by atoms with Gasteiger partial charge in [-0.05, 0) is 127 Å². The number of aliphatic hydroxyl groups excluding tert-OH is 2. The molecule has 0 spiro atoms. The van der Waals surface area contributed by atoms with Crippen molar-refractivity contribution in [3.8, 4) is 0 Å². The van der Waals surface area contributed by atoms with Crippen LogP contribution in [0.1, 0.15) is 112 Å². The van der Waals surface area contributed by atoms with Crippen molar-refractivity contribution in [3.63, 3.8) is 0 Å². The van der Waals surface area contributed by atoms with E-state index in [-0.39, 0.29) is 45.9 Å². The highest BCUT2D eigenvalue weighted by molar-refractivity contribution is 7.92. The maximum atomic E-state index is 12.9. The summed E-state index contributed by atoms with van der Waals surface area (Å²) >= 11 is 0. The van der Waals surface area contributed by atoms with E-state index in [0.29, 0.717) is 41.9 Å². The van der Waals surface area contributed by atoms with Crippen molar-refractivity contribution < 1.29 is 28.2 Å². The zero-order valence-electron chi connectivity index (χ0n) is 28.2. The van der Waals surface area contributed by atoms with Crippen LogP contribution in [0.2, 0.25) is 0 Å². The summed E-state index contributed by atoms with van der Waals surface area (Å²) in [5.74, 6) is 1.46. The molecule has 11 atom stereocenters. The van der Waals surface area contributed by atoms with E-state index in [1.165, 1.54) is 0 Å². The first kappa shape index (κ1) is 33.9. The third-order valence-corrected chi connectivity index (χ3v) is 15.0. The molecule has 4 saturated carbocycles. The number of carbonyl (C=O) groups excluding carboxylic acids is 1. The fourth-order valence-corrected chi connectivity index (χ4v) is 12.0. The van der Waals surface area contributed by atoms with Crippen molar-refractivity contribution in [2.24, 2.45) is 52.3 Å². The van der Waals surface area contributed by atoms with E-state index in [0.717, 1.165) is 56.9 Å². The van der Waals surface area contributed by atoms with Gasteiger partial charge in [0.25, 0.3) is 0 Å². The van der Waals surface area contributed by atoms with Gasteiger partial charge >= 0.3 is 5.97 Å². The first-order chi connectivity index (χ1) is 20.5. The van der Waals surface area contributed by atoms with E-state index in [1.807, 2.05) is 12.1 Å². The lowest BCUT2D eigenvalue weighted by Gasteiger charge is -2.64. The molecule has 4 aliphatic rings. The summed E-state index contributed by atoms with van der Waals surface area (Å²) < 4.78 is 31.3. The third-order valence-electron chi connectivity index (χ3n) is 13.4. The first-order valence-electron chi connectivity index (χ1n) is 17.4. The summed E-state index contributed by atoms with van der Waals surface area (Å²) in [7, 11) is -3.77. The number of ether oxygens (including phenoxy) is 1. The Morgan fingerprint density at radius 2 is 1.61 bits per heavy atom. The second-order valence-corrected chi connectivity index (χ2v) is 18.6. The normalized spacial score (nSPS) is 39.6. The quantitative estimate of drug-likeness (QED) is 0.302. The second-order valence-electron chi connectivity index (χ2n) is 16.6. The zero-order chi connectivity index (χ0) is 32.2. The van der Waals surface area contributed by atoms with Crippen LogP contribution >= 0.6 is 0 Å². The summed E-state index contributed by atoms with van der Waals surface area (Å²) in [6.07, 6.45) is 8.48. The minimum Gasteiger partial charge on any atom is -0.465 e. The Kier molecular flexibility index (Phi) is 9.48. The average molecular weight is 631 g/mol. The summed E-state index contributed by atoms with van der Waals surface area (Å²) in [6, 6.07) is 6.80. The molecule has 0 radical (unpaired) electrons. The SMILES string of the molecule is CC[C@H]1[C@@H](O)[C@@H]2[C@H](CC[C@]3(C)[C@@H]([C@H](C)CCOC(=O)CS(=O)(=O)c4ccc(C(C)(C)C)cc4)CC[C@@H]23)[C@@]2(C)CC[C@@H](O)C[C@@H]12. The van der Waals surface area contributed by atoms with Crippen molar-refractivity contribution in [3.05, 3.63) is 29.8 Å². The van der Waals surface area contributed by atoms with Crippen LogP contribution in [0.5, 0.6) is 0 Å². The van der Waals surface area contributed by atoms with Crippen LogP contribution in [0, 0.1) is 52.3 Å². The van der Waals surface area contributed by atoms with Crippen molar-refractivity contribution in [2.75, 3.05) is 12.4 Å². The van der Waals surface area contributed by atoms with E-state index in [9.17, 15) is 23.4 Å². The Morgan fingerprint density at radius 3 is 2.25 bits per heavy atom. The number of rotatable bonds is 8. The molecule has 2 N–H and O–H groups in total. The van der Waals surface area contributed by atoms with Crippen LogP contribution in [0.4, 0.5) is 0 Å². The number of hydrogen-bond acceptors (Lipinski definition) is 6. The van der Waals surface area contributed by atoms with Gasteiger partial charge in [0.05, 0.1) is 23.7 Å². The van der Waals surface area contributed by atoms with Gasteiger partial charge in [0.15, 0.2) is 15.6 Å². The minimum absolute atomic E-state index is 0.0805. The van der Waals surface area contributed by atoms with Gasteiger partial charge in [0.2, 0.25) is 0 Å². The Bertz CT molecular complexity index is 1280. The van der Waals surface area contributed by atoms with E-state index < -0.39 is 21.6 Å². The molecule has 248 valence electrons. The number of sulfone groups is 1. The van der Waals surface area contributed by atoms with Crippen LogP contribution < -0.4 is 0 Å². The van der Waals surface area contributed by atoms with Gasteiger partial charge in [-0.3, -0.25) is 4.79 Å². The molecule has 0 bridgehead atoms. The first-order valence-corrected chi connectivity index (χ1v) is 19.0. The highest BCUT2D eigenvalue weighted by atomic mass is 32.2. The molecule has 1 aromatic rings. The largest absolute Gasteiger partial charge is 0.465 e. The summed E-state index contributed by atoms with van der Waals surface area (Å²) in [5.41, 5.74) is 1.30. The molecule has 6 nitrogen and oxygen atoms in total. The number of fused-ring (bicyclic) bond motifs is 5. The molecule has 4 aliphatic carbocycles. The lowest BCUT2D eigenvalue weighted by Crippen LogP contribution is -2.62. The number of hydrogen-bond donors (Lipinski definition) is 2. The highest BCUT2D eigenvalue weighted by Gasteiger charge is 2.64. The maximum absolute atomic E-state index is 12.9. The predicted molar refractivity (Wildman–Crippen MR) is 174 cm³/mol. The van der Waals surface area contributed by atoms with Crippen molar-refractivity contribution >= 4 is 15.8 Å². The summed E-state index contributed by atoms with van der Waals surface area (Å²) in [5, 5.41) is 22.5. The van der Waals surface area contributed by atoms with Gasteiger partial charge in [-0.15, -0.1) is 0 Å². The van der Waals surface area contributed by atoms with Gasteiger partial charge in [0, 0.05) is 0 Å². The fraction of sp³-hybridized carbons (Fsp3) is 0.811. The number of esters is 1. The fourth-order valence-electron chi connectivity index (χ4n) is 10.9. The molecule has 0 heterocycles. The summed E-state index contributed by atoms with van der Waals surface area (Å²) in [6.45, 7) is 15.9. The van der Waals surface area contributed by atoms with E-state index in [2.05, 4.69) is 48.5 Å². The molecule has 0 saturated heterocycles.